The molecule has 1 saturated heterocycles. The van der Waals surface area contributed by atoms with E-state index in [1.54, 1.807) is 0 Å². The van der Waals surface area contributed by atoms with Crippen molar-refractivity contribution >= 4 is 23.4 Å². The molecule has 2 N–H and O–H groups in total. The van der Waals surface area contributed by atoms with Gasteiger partial charge in [0.05, 0.1) is 0 Å². The SMILES string of the molecule is Cc1ccc(CC(N)C2(C)CCCS2)c(Cl)c1. The van der Waals surface area contributed by atoms with Crippen LogP contribution in [0.15, 0.2) is 18.2 Å². The number of hydrogen-bond donors (Lipinski definition) is 1. The highest BCUT2D eigenvalue weighted by atomic mass is 35.5. The van der Waals surface area contributed by atoms with Crippen molar-refractivity contribution in [2.45, 2.75) is 43.9 Å². The van der Waals surface area contributed by atoms with E-state index in [1.807, 2.05) is 17.8 Å². The van der Waals surface area contributed by atoms with E-state index >= 15 is 0 Å². The molecule has 1 aliphatic heterocycles. The maximum absolute atomic E-state index is 6.37. The number of halogens is 1. The molecular weight excluding hydrogens is 250 g/mol. The average molecular weight is 270 g/mol. The summed E-state index contributed by atoms with van der Waals surface area (Å²) in [6.07, 6.45) is 3.39. The monoisotopic (exact) mass is 269 g/mol. The Balaban J connectivity index is 2.10. The summed E-state index contributed by atoms with van der Waals surface area (Å²) in [4.78, 5) is 0. The van der Waals surface area contributed by atoms with Crippen LogP contribution < -0.4 is 5.73 Å². The lowest BCUT2D eigenvalue weighted by Gasteiger charge is -2.30. The van der Waals surface area contributed by atoms with Gasteiger partial charge in [-0.15, -0.1) is 0 Å². The molecule has 3 heteroatoms. The molecule has 1 aromatic carbocycles. The van der Waals surface area contributed by atoms with Crippen molar-refractivity contribution in [1.82, 2.24) is 0 Å². The van der Waals surface area contributed by atoms with Crippen LogP contribution in [0.5, 0.6) is 0 Å². The summed E-state index contributed by atoms with van der Waals surface area (Å²) in [5, 5.41) is 0.854. The Labute approximate surface area is 113 Å². The van der Waals surface area contributed by atoms with Crippen LogP contribution in [0.4, 0.5) is 0 Å². The molecule has 1 heterocycles. The molecule has 2 atom stereocenters. The molecule has 94 valence electrons. The van der Waals surface area contributed by atoms with E-state index in [0.29, 0.717) is 0 Å². The highest BCUT2D eigenvalue weighted by Gasteiger charge is 2.35. The maximum atomic E-state index is 6.37. The molecule has 2 rings (SSSR count). The molecule has 2 unspecified atom stereocenters. The molecule has 17 heavy (non-hydrogen) atoms. The van der Waals surface area contributed by atoms with E-state index in [9.17, 15) is 0 Å². The molecule has 0 bridgehead atoms. The average Bonchev–Trinajstić information content (AvgIpc) is 2.71. The van der Waals surface area contributed by atoms with Crippen molar-refractivity contribution in [2.75, 3.05) is 5.75 Å². The largest absolute Gasteiger partial charge is 0.326 e. The quantitative estimate of drug-likeness (QED) is 0.903. The van der Waals surface area contributed by atoms with E-state index in [1.165, 1.54) is 29.7 Å². The molecule has 0 aliphatic carbocycles. The lowest BCUT2D eigenvalue weighted by Crippen LogP contribution is -2.42. The van der Waals surface area contributed by atoms with Crippen LogP contribution in [-0.2, 0) is 6.42 Å². The third kappa shape index (κ3) is 2.98. The highest BCUT2D eigenvalue weighted by Crippen LogP contribution is 2.40. The first-order valence-electron chi connectivity index (χ1n) is 6.16. The molecule has 0 aromatic heterocycles. The van der Waals surface area contributed by atoms with Crippen LogP contribution >= 0.6 is 23.4 Å². The van der Waals surface area contributed by atoms with E-state index in [2.05, 4.69) is 26.0 Å². The summed E-state index contributed by atoms with van der Waals surface area (Å²) in [5.41, 5.74) is 8.75. The predicted octanol–water partition coefficient (Wildman–Crippen LogP) is 3.80. The maximum Gasteiger partial charge on any atom is 0.0441 e. The van der Waals surface area contributed by atoms with Crippen LogP contribution in [0, 0.1) is 6.92 Å². The zero-order valence-corrected chi connectivity index (χ0v) is 12.1. The number of benzene rings is 1. The summed E-state index contributed by atoms with van der Waals surface area (Å²) in [6.45, 7) is 4.35. The van der Waals surface area contributed by atoms with E-state index in [4.69, 9.17) is 17.3 Å². The van der Waals surface area contributed by atoms with Crippen molar-refractivity contribution < 1.29 is 0 Å². The first kappa shape index (κ1) is 13.3. The van der Waals surface area contributed by atoms with Crippen molar-refractivity contribution in [3.63, 3.8) is 0 Å². The molecule has 0 saturated carbocycles. The van der Waals surface area contributed by atoms with Gasteiger partial charge < -0.3 is 5.73 Å². The molecule has 1 aromatic rings. The van der Waals surface area contributed by atoms with Gasteiger partial charge in [0.2, 0.25) is 0 Å². The van der Waals surface area contributed by atoms with Crippen molar-refractivity contribution in [3.05, 3.63) is 34.3 Å². The normalized spacial score (nSPS) is 26.1. The number of rotatable bonds is 3. The second kappa shape index (κ2) is 5.21. The second-order valence-electron chi connectivity index (χ2n) is 5.17. The Kier molecular flexibility index (Phi) is 4.06. The number of nitrogens with two attached hydrogens (primary N) is 1. The van der Waals surface area contributed by atoms with Gasteiger partial charge in [-0.1, -0.05) is 23.7 Å². The van der Waals surface area contributed by atoms with Crippen LogP contribution in [0.25, 0.3) is 0 Å². The van der Waals surface area contributed by atoms with Gasteiger partial charge in [0.1, 0.15) is 0 Å². The van der Waals surface area contributed by atoms with Crippen LogP contribution in [-0.4, -0.2) is 16.5 Å². The van der Waals surface area contributed by atoms with Crippen molar-refractivity contribution in [3.8, 4) is 0 Å². The first-order chi connectivity index (χ1) is 8.01. The zero-order valence-electron chi connectivity index (χ0n) is 10.5. The van der Waals surface area contributed by atoms with Gasteiger partial charge in [-0.25, -0.2) is 0 Å². The highest BCUT2D eigenvalue weighted by molar-refractivity contribution is 8.00. The van der Waals surface area contributed by atoms with Crippen LogP contribution in [0.2, 0.25) is 5.02 Å². The lowest BCUT2D eigenvalue weighted by molar-refractivity contribution is 0.482. The molecular formula is C14H20ClNS. The molecule has 0 amide bonds. The summed E-state index contributed by atoms with van der Waals surface area (Å²) in [5.74, 6) is 1.24. The Bertz CT molecular complexity index is 399. The lowest BCUT2D eigenvalue weighted by atomic mass is 9.91. The van der Waals surface area contributed by atoms with Gasteiger partial charge in [0.25, 0.3) is 0 Å². The molecule has 0 spiro atoms. The topological polar surface area (TPSA) is 26.0 Å². The van der Waals surface area contributed by atoms with E-state index in [0.717, 1.165) is 11.4 Å². The Morgan fingerprint density at radius 1 is 1.53 bits per heavy atom. The fraction of sp³-hybridized carbons (Fsp3) is 0.571. The smallest absolute Gasteiger partial charge is 0.0441 e. The summed E-state index contributed by atoms with van der Waals surface area (Å²) < 4.78 is 0.230. The van der Waals surface area contributed by atoms with Crippen LogP contribution in [0.3, 0.4) is 0 Å². The fourth-order valence-electron chi connectivity index (χ4n) is 2.36. The minimum absolute atomic E-state index is 0.190. The van der Waals surface area contributed by atoms with Gasteiger partial charge in [-0.05, 0) is 56.1 Å². The van der Waals surface area contributed by atoms with Crippen LogP contribution in [0.1, 0.15) is 30.9 Å². The Morgan fingerprint density at radius 2 is 2.29 bits per heavy atom. The Morgan fingerprint density at radius 3 is 2.88 bits per heavy atom. The minimum Gasteiger partial charge on any atom is -0.326 e. The van der Waals surface area contributed by atoms with E-state index < -0.39 is 0 Å². The Hall–Kier alpha value is -0.180. The molecule has 0 radical (unpaired) electrons. The van der Waals surface area contributed by atoms with Gasteiger partial charge >= 0.3 is 0 Å². The van der Waals surface area contributed by atoms with Gasteiger partial charge in [-0.2, -0.15) is 11.8 Å². The van der Waals surface area contributed by atoms with Gasteiger partial charge in [0.15, 0.2) is 0 Å². The predicted molar refractivity (Wildman–Crippen MR) is 78.0 cm³/mol. The van der Waals surface area contributed by atoms with Gasteiger partial charge in [0, 0.05) is 15.8 Å². The number of aryl methyl sites for hydroxylation is 1. The zero-order chi connectivity index (χ0) is 12.5. The number of thioether (sulfide) groups is 1. The third-order valence-electron chi connectivity index (χ3n) is 3.68. The molecule has 1 fully saturated rings. The summed E-state index contributed by atoms with van der Waals surface area (Å²) >= 11 is 8.28. The van der Waals surface area contributed by atoms with Gasteiger partial charge in [-0.3, -0.25) is 0 Å². The standard InChI is InChI=1S/C14H20ClNS/c1-10-4-5-11(12(15)8-10)9-13(16)14(2)6-3-7-17-14/h4-5,8,13H,3,6-7,9,16H2,1-2H3. The summed E-state index contributed by atoms with van der Waals surface area (Å²) in [6, 6.07) is 6.43. The fourth-order valence-corrected chi connectivity index (χ4v) is 4.02. The molecule has 1 aliphatic rings. The first-order valence-corrected chi connectivity index (χ1v) is 7.52. The molecule has 1 nitrogen and oxygen atoms in total. The van der Waals surface area contributed by atoms with Crippen molar-refractivity contribution in [1.29, 1.82) is 0 Å². The summed E-state index contributed by atoms with van der Waals surface area (Å²) in [7, 11) is 0. The number of hydrogen-bond acceptors (Lipinski definition) is 2. The van der Waals surface area contributed by atoms with Crippen molar-refractivity contribution in [2.24, 2.45) is 5.73 Å². The third-order valence-corrected chi connectivity index (χ3v) is 5.69. The minimum atomic E-state index is 0.190. The second-order valence-corrected chi connectivity index (χ2v) is 7.21. The van der Waals surface area contributed by atoms with E-state index in [-0.39, 0.29) is 10.8 Å².